The van der Waals surface area contributed by atoms with Crippen molar-refractivity contribution in [2.24, 2.45) is 23.0 Å². The second kappa shape index (κ2) is 7.96. The van der Waals surface area contributed by atoms with Gasteiger partial charge in [0.2, 0.25) is 0 Å². The predicted octanol–water partition coefficient (Wildman–Crippen LogP) is 6.47. The Morgan fingerprint density at radius 1 is 1.20 bits per heavy atom. The van der Waals surface area contributed by atoms with Crippen LogP contribution in [0.1, 0.15) is 71.8 Å². The van der Waals surface area contributed by atoms with E-state index >= 15 is 0 Å². The summed E-state index contributed by atoms with van der Waals surface area (Å²) in [5.41, 5.74) is 7.91. The van der Waals surface area contributed by atoms with Crippen molar-refractivity contribution < 1.29 is 0 Å². The molecule has 0 spiro atoms. The molecule has 0 heterocycles. The Hall–Kier alpha value is -0.600. The summed E-state index contributed by atoms with van der Waals surface area (Å²) in [7, 11) is 0. The maximum atomic E-state index is 7.27. The van der Waals surface area contributed by atoms with Gasteiger partial charge in [0.1, 0.15) is 0 Å². The maximum Gasteiger partial charge on any atom is 0.0588 e. The summed E-state index contributed by atoms with van der Waals surface area (Å²) >= 11 is 11.3. The van der Waals surface area contributed by atoms with Crippen LogP contribution in [0, 0.1) is 17.3 Å². The van der Waals surface area contributed by atoms with Crippen molar-refractivity contribution in [3.05, 3.63) is 35.9 Å². The molecule has 1 aromatic rings. The van der Waals surface area contributed by atoms with E-state index < -0.39 is 0 Å². The normalized spacial score (nSPS) is 36.0. The standard InChI is InChI=1S/C21H31Cl.CH3NS/c1-5-11-21(22)16(2)12-20(17-9-7-6-8-10-17)14-18(21)13-19(3,4)15-20;2-1-3/h6-10,16,18H,5,11-15H2,1-4H3;1H,(H2,2,3). The Balaban J connectivity index is 0.000000701. The van der Waals surface area contributed by atoms with Crippen LogP contribution >= 0.6 is 23.8 Å². The third-order valence-electron chi connectivity index (χ3n) is 6.47. The Kier molecular flexibility index (Phi) is 6.60. The number of alkyl halides is 1. The first kappa shape index (κ1) is 20.7. The van der Waals surface area contributed by atoms with Gasteiger partial charge in [0.25, 0.3) is 0 Å². The van der Waals surface area contributed by atoms with E-state index in [0.717, 1.165) is 5.49 Å². The van der Waals surface area contributed by atoms with E-state index in [1.165, 1.54) is 38.5 Å². The van der Waals surface area contributed by atoms with E-state index in [0.29, 0.717) is 22.7 Å². The van der Waals surface area contributed by atoms with Crippen molar-refractivity contribution in [2.45, 2.75) is 76.5 Å². The molecule has 0 saturated heterocycles. The van der Waals surface area contributed by atoms with Gasteiger partial charge in [-0.1, -0.05) is 76.7 Å². The van der Waals surface area contributed by atoms with Crippen LogP contribution in [0.5, 0.6) is 0 Å². The van der Waals surface area contributed by atoms with Crippen LogP contribution in [0.15, 0.2) is 30.3 Å². The maximum absolute atomic E-state index is 7.27. The molecule has 2 aliphatic rings. The lowest BCUT2D eigenvalue weighted by Gasteiger charge is -2.60. The highest BCUT2D eigenvalue weighted by molar-refractivity contribution is 7.78. The molecule has 0 aromatic heterocycles. The summed E-state index contributed by atoms with van der Waals surface area (Å²) in [4.78, 5) is 0.0186. The zero-order valence-corrected chi connectivity index (χ0v) is 17.8. The van der Waals surface area contributed by atoms with E-state index in [9.17, 15) is 0 Å². The molecule has 3 heteroatoms. The summed E-state index contributed by atoms with van der Waals surface area (Å²) in [5.74, 6) is 1.26. The number of thiocarbonyl (C=S) groups is 1. The lowest BCUT2D eigenvalue weighted by atomic mass is 9.47. The number of hydrogen-bond donors (Lipinski definition) is 1. The van der Waals surface area contributed by atoms with Gasteiger partial charge in [0.05, 0.1) is 10.4 Å². The summed E-state index contributed by atoms with van der Waals surface area (Å²) in [5, 5.41) is 0. The number of nitrogens with two attached hydrogens (primary N) is 1. The SMILES string of the molecule is CCCC1(Cl)C(C)CC2(c3ccccc3)CC1CC(C)(C)C2.NC=S. The highest BCUT2D eigenvalue weighted by Crippen LogP contribution is 2.63. The highest BCUT2D eigenvalue weighted by Gasteiger charge is 2.57. The van der Waals surface area contributed by atoms with Gasteiger partial charge in [0.15, 0.2) is 0 Å². The van der Waals surface area contributed by atoms with Crippen LogP contribution in [-0.2, 0) is 5.41 Å². The molecule has 0 radical (unpaired) electrons. The van der Waals surface area contributed by atoms with Crippen molar-refractivity contribution >= 4 is 29.3 Å². The monoisotopic (exact) mass is 379 g/mol. The van der Waals surface area contributed by atoms with Gasteiger partial charge in [-0.05, 0) is 60.3 Å². The first-order chi connectivity index (χ1) is 11.7. The molecular weight excluding hydrogens is 346 g/mol. The molecule has 0 amide bonds. The lowest BCUT2D eigenvalue weighted by Crippen LogP contribution is -2.56. The number of rotatable bonds is 3. The van der Waals surface area contributed by atoms with Crippen LogP contribution in [0.3, 0.4) is 0 Å². The number of fused-ring (bicyclic) bond motifs is 2. The van der Waals surface area contributed by atoms with E-state index in [4.69, 9.17) is 11.6 Å². The van der Waals surface area contributed by atoms with Gasteiger partial charge >= 0.3 is 0 Å². The fourth-order valence-electron chi connectivity index (χ4n) is 5.89. The molecule has 2 N–H and O–H groups in total. The van der Waals surface area contributed by atoms with Crippen molar-refractivity contribution in [3.63, 3.8) is 0 Å². The quantitative estimate of drug-likeness (QED) is 0.481. The molecule has 1 nitrogen and oxygen atoms in total. The first-order valence-corrected chi connectivity index (χ1v) is 10.5. The number of benzene rings is 1. The van der Waals surface area contributed by atoms with E-state index in [2.05, 4.69) is 76.0 Å². The smallest absolute Gasteiger partial charge is 0.0588 e. The molecular formula is C22H34ClNS. The molecule has 3 rings (SSSR count). The van der Waals surface area contributed by atoms with Gasteiger partial charge in [0, 0.05) is 0 Å². The van der Waals surface area contributed by atoms with Gasteiger partial charge < -0.3 is 5.73 Å². The lowest BCUT2D eigenvalue weighted by molar-refractivity contribution is -0.00371. The second-order valence-electron chi connectivity index (χ2n) is 9.01. The predicted molar refractivity (Wildman–Crippen MR) is 114 cm³/mol. The molecule has 140 valence electrons. The van der Waals surface area contributed by atoms with Gasteiger partial charge in [-0.3, -0.25) is 0 Å². The summed E-state index contributed by atoms with van der Waals surface area (Å²) in [6.45, 7) is 9.60. The van der Waals surface area contributed by atoms with Crippen molar-refractivity contribution in [2.75, 3.05) is 0 Å². The molecule has 4 atom stereocenters. The molecule has 2 aliphatic carbocycles. The van der Waals surface area contributed by atoms with Crippen LogP contribution in [-0.4, -0.2) is 10.4 Å². The number of hydrogen-bond acceptors (Lipinski definition) is 1. The fourth-order valence-corrected chi connectivity index (χ4v) is 6.31. The third kappa shape index (κ3) is 4.22. The summed E-state index contributed by atoms with van der Waals surface area (Å²) in [6.07, 6.45) is 7.50. The molecule has 1 aromatic carbocycles. The van der Waals surface area contributed by atoms with E-state index in [1.807, 2.05) is 0 Å². The zero-order valence-electron chi connectivity index (χ0n) is 16.2. The molecule has 4 unspecified atom stereocenters. The number of halogens is 1. The van der Waals surface area contributed by atoms with Crippen molar-refractivity contribution in [1.29, 1.82) is 0 Å². The largest absolute Gasteiger partial charge is 0.396 e. The molecule has 2 saturated carbocycles. The third-order valence-corrected chi connectivity index (χ3v) is 7.34. The molecule has 2 fully saturated rings. The zero-order chi connectivity index (χ0) is 18.7. The average molecular weight is 380 g/mol. The van der Waals surface area contributed by atoms with Crippen molar-refractivity contribution in [3.8, 4) is 0 Å². The topological polar surface area (TPSA) is 26.0 Å². The second-order valence-corrected chi connectivity index (χ2v) is 9.99. The molecule has 0 aliphatic heterocycles. The van der Waals surface area contributed by atoms with E-state index in [-0.39, 0.29) is 4.87 Å². The van der Waals surface area contributed by atoms with Crippen LogP contribution in [0.4, 0.5) is 0 Å². The fraction of sp³-hybridized carbons (Fsp3) is 0.682. The summed E-state index contributed by atoms with van der Waals surface area (Å²) < 4.78 is 0. The van der Waals surface area contributed by atoms with Crippen LogP contribution in [0.2, 0.25) is 0 Å². The van der Waals surface area contributed by atoms with Crippen molar-refractivity contribution in [1.82, 2.24) is 0 Å². The minimum atomic E-state index is 0.0186. The van der Waals surface area contributed by atoms with Crippen LogP contribution in [0.25, 0.3) is 0 Å². The Morgan fingerprint density at radius 2 is 1.80 bits per heavy atom. The van der Waals surface area contributed by atoms with Gasteiger partial charge in [-0.25, -0.2) is 0 Å². The minimum absolute atomic E-state index is 0.0186. The average Bonchev–Trinajstić information content (AvgIpc) is 2.54. The molecule has 2 bridgehead atoms. The van der Waals surface area contributed by atoms with Crippen LogP contribution < -0.4 is 5.73 Å². The van der Waals surface area contributed by atoms with Gasteiger partial charge in [-0.15, -0.1) is 11.6 Å². The highest BCUT2D eigenvalue weighted by atomic mass is 35.5. The Bertz CT molecular complexity index is 569. The summed E-state index contributed by atoms with van der Waals surface area (Å²) in [6, 6.07) is 11.3. The minimum Gasteiger partial charge on any atom is -0.396 e. The van der Waals surface area contributed by atoms with Gasteiger partial charge in [-0.2, -0.15) is 0 Å². The first-order valence-electron chi connectivity index (χ1n) is 9.63. The molecule has 25 heavy (non-hydrogen) atoms. The Labute approximate surface area is 164 Å². The Morgan fingerprint density at radius 3 is 2.36 bits per heavy atom. The van der Waals surface area contributed by atoms with E-state index in [1.54, 1.807) is 5.56 Å².